The van der Waals surface area contributed by atoms with Crippen molar-refractivity contribution < 1.29 is 0 Å². The maximum absolute atomic E-state index is 5.40. The summed E-state index contributed by atoms with van der Waals surface area (Å²) in [7, 11) is 0. The van der Waals surface area contributed by atoms with Crippen molar-refractivity contribution >= 4 is 0 Å². The Balaban J connectivity index is 3.79. The Hall–Kier alpha value is -0.520. The fourth-order valence-corrected chi connectivity index (χ4v) is 0.717. The summed E-state index contributed by atoms with van der Waals surface area (Å²) in [5.41, 5.74) is 5.17. The molecule has 0 heterocycles. The average molecular weight is 140 g/mol. The number of hydrogen-bond donors (Lipinski definition) is 2. The average Bonchev–Trinajstić information content (AvgIpc) is 1.87. The van der Waals surface area contributed by atoms with E-state index >= 15 is 0 Å². The largest absolute Gasteiger partial charge is 0.329 e. The Bertz CT molecular complexity index is 133. The van der Waals surface area contributed by atoms with Gasteiger partial charge in [-0.25, -0.2) is 0 Å². The minimum absolute atomic E-state index is 0.237. The second-order valence-electron chi connectivity index (χ2n) is 3.05. The first kappa shape index (κ1) is 9.48. The van der Waals surface area contributed by atoms with E-state index in [0.29, 0.717) is 6.54 Å². The summed E-state index contributed by atoms with van der Waals surface area (Å²) in [6.07, 6.45) is 5.26. The standard InChI is InChI=1S/C8H16N2/c1-5-8(3,4)10-7(2)6-9/h1,7,10H,6,9H2,2-4H3. The minimum atomic E-state index is -0.237. The van der Waals surface area contributed by atoms with Crippen molar-refractivity contribution in [3.05, 3.63) is 0 Å². The van der Waals surface area contributed by atoms with Crippen molar-refractivity contribution in [2.75, 3.05) is 6.54 Å². The minimum Gasteiger partial charge on any atom is -0.329 e. The van der Waals surface area contributed by atoms with E-state index in [-0.39, 0.29) is 11.6 Å². The van der Waals surface area contributed by atoms with Gasteiger partial charge in [-0.15, -0.1) is 6.42 Å². The molecule has 10 heavy (non-hydrogen) atoms. The number of nitrogens with two attached hydrogens (primary N) is 1. The van der Waals surface area contributed by atoms with Crippen LogP contribution >= 0.6 is 0 Å². The molecule has 0 saturated heterocycles. The van der Waals surface area contributed by atoms with Crippen LogP contribution in [0.5, 0.6) is 0 Å². The molecular formula is C8H16N2. The van der Waals surface area contributed by atoms with E-state index in [2.05, 4.69) is 11.2 Å². The molecule has 0 aliphatic rings. The molecule has 0 aliphatic carbocycles. The Kier molecular flexibility index (Phi) is 3.41. The third-order valence-corrected chi connectivity index (χ3v) is 1.32. The number of terminal acetylenes is 1. The molecule has 0 saturated carbocycles. The molecule has 0 rings (SSSR count). The van der Waals surface area contributed by atoms with Gasteiger partial charge >= 0.3 is 0 Å². The zero-order chi connectivity index (χ0) is 8.20. The normalized spacial score (nSPS) is 14.3. The molecule has 2 heteroatoms. The van der Waals surface area contributed by atoms with Crippen LogP contribution < -0.4 is 11.1 Å². The molecule has 0 amide bonds. The summed E-state index contributed by atoms with van der Waals surface area (Å²) < 4.78 is 0. The summed E-state index contributed by atoms with van der Waals surface area (Å²) >= 11 is 0. The predicted octanol–water partition coefficient (Wildman–Crippen LogP) is 0.335. The second kappa shape index (κ2) is 3.60. The van der Waals surface area contributed by atoms with Crippen molar-refractivity contribution in [1.82, 2.24) is 5.32 Å². The van der Waals surface area contributed by atoms with E-state index in [1.807, 2.05) is 20.8 Å². The number of nitrogens with one attached hydrogen (secondary N) is 1. The molecule has 0 fully saturated rings. The highest BCUT2D eigenvalue weighted by molar-refractivity contribution is 5.08. The second-order valence-corrected chi connectivity index (χ2v) is 3.05. The molecule has 2 nitrogen and oxygen atoms in total. The van der Waals surface area contributed by atoms with E-state index in [9.17, 15) is 0 Å². The van der Waals surface area contributed by atoms with E-state index in [1.165, 1.54) is 0 Å². The maximum atomic E-state index is 5.40. The van der Waals surface area contributed by atoms with Crippen LogP contribution in [0, 0.1) is 12.3 Å². The molecule has 3 N–H and O–H groups in total. The molecular weight excluding hydrogens is 124 g/mol. The van der Waals surface area contributed by atoms with Crippen molar-refractivity contribution in [2.24, 2.45) is 5.73 Å². The number of hydrogen-bond acceptors (Lipinski definition) is 2. The molecule has 0 radical (unpaired) electrons. The molecule has 1 atom stereocenters. The van der Waals surface area contributed by atoms with Crippen molar-refractivity contribution in [1.29, 1.82) is 0 Å². The van der Waals surface area contributed by atoms with Crippen LogP contribution in [0.2, 0.25) is 0 Å². The highest BCUT2D eigenvalue weighted by atomic mass is 15.0. The fourth-order valence-electron chi connectivity index (χ4n) is 0.717. The van der Waals surface area contributed by atoms with E-state index in [0.717, 1.165) is 0 Å². The molecule has 1 unspecified atom stereocenters. The SMILES string of the molecule is C#CC(C)(C)NC(C)CN. The van der Waals surface area contributed by atoms with Gasteiger partial charge in [-0.1, -0.05) is 5.92 Å². The molecule has 0 aromatic heterocycles. The van der Waals surface area contributed by atoms with Gasteiger partial charge < -0.3 is 5.73 Å². The molecule has 0 aromatic carbocycles. The summed E-state index contributed by atoms with van der Waals surface area (Å²) in [5, 5.41) is 3.19. The molecule has 0 bridgehead atoms. The van der Waals surface area contributed by atoms with E-state index in [4.69, 9.17) is 12.2 Å². The smallest absolute Gasteiger partial charge is 0.0743 e. The van der Waals surface area contributed by atoms with Crippen LogP contribution in [0.1, 0.15) is 20.8 Å². The summed E-state index contributed by atoms with van der Waals surface area (Å²) in [5.74, 6) is 2.64. The van der Waals surface area contributed by atoms with Gasteiger partial charge in [-0.2, -0.15) is 0 Å². The lowest BCUT2D eigenvalue weighted by atomic mass is 10.1. The van der Waals surface area contributed by atoms with Crippen molar-refractivity contribution in [3.8, 4) is 12.3 Å². The van der Waals surface area contributed by atoms with Gasteiger partial charge in [-0.3, -0.25) is 5.32 Å². The fraction of sp³-hybridized carbons (Fsp3) is 0.750. The third kappa shape index (κ3) is 3.49. The monoisotopic (exact) mass is 140 g/mol. The van der Waals surface area contributed by atoms with Crippen LogP contribution in [0.25, 0.3) is 0 Å². The first-order valence-electron chi connectivity index (χ1n) is 3.47. The predicted molar refractivity (Wildman–Crippen MR) is 44.6 cm³/mol. The van der Waals surface area contributed by atoms with Crippen LogP contribution in [-0.4, -0.2) is 18.1 Å². The number of rotatable bonds is 3. The highest BCUT2D eigenvalue weighted by Crippen LogP contribution is 1.99. The maximum Gasteiger partial charge on any atom is 0.0743 e. The van der Waals surface area contributed by atoms with Gasteiger partial charge in [0.2, 0.25) is 0 Å². The zero-order valence-electron chi connectivity index (χ0n) is 6.94. The van der Waals surface area contributed by atoms with Gasteiger partial charge in [0.25, 0.3) is 0 Å². The summed E-state index contributed by atoms with van der Waals surface area (Å²) in [4.78, 5) is 0. The van der Waals surface area contributed by atoms with Gasteiger partial charge in [-0.05, 0) is 20.8 Å². The van der Waals surface area contributed by atoms with E-state index in [1.54, 1.807) is 0 Å². The van der Waals surface area contributed by atoms with Crippen molar-refractivity contribution in [3.63, 3.8) is 0 Å². The lowest BCUT2D eigenvalue weighted by molar-refractivity contribution is 0.427. The van der Waals surface area contributed by atoms with Crippen molar-refractivity contribution in [2.45, 2.75) is 32.4 Å². The van der Waals surface area contributed by atoms with Gasteiger partial charge in [0.15, 0.2) is 0 Å². The Morgan fingerprint density at radius 3 is 2.50 bits per heavy atom. The van der Waals surface area contributed by atoms with Crippen LogP contribution in [0.15, 0.2) is 0 Å². The highest BCUT2D eigenvalue weighted by Gasteiger charge is 2.14. The Labute approximate surface area is 63.2 Å². The lowest BCUT2D eigenvalue weighted by Gasteiger charge is -2.23. The molecule has 58 valence electrons. The zero-order valence-corrected chi connectivity index (χ0v) is 6.94. The third-order valence-electron chi connectivity index (χ3n) is 1.32. The topological polar surface area (TPSA) is 38.0 Å². The van der Waals surface area contributed by atoms with Crippen LogP contribution in [0.4, 0.5) is 0 Å². The first-order chi connectivity index (χ1) is 4.52. The summed E-state index contributed by atoms with van der Waals surface area (Å²) in [6, 6.07) is 0.283. The van der Waals surface area contributed by atoms with Gasteiger partial charge in [0.1, 0.15) is 0 Å². The van der Waals surface area contributed by atoms with Crippen LogP contribution in [0.3, 0.4) is 0 Å². The molecule has 0 aromatic rings. The van der Waals surface area contributed by atoms with E-state index < -0.39 is 0 Å². The lowest BCUT2D eigenvalue weighted by Crippen LogP contribution is -2.46. The molecule has 0 aliphatic heterocycles. The van der Waals surface area contributed by atoms with Gasteiger partial charge in [0.05, 0.1) is 5.54 Å². The molecule has 0 spiro atoms. The summed E-state index contributed by atoms with van der Waals surface area (Å²) in [6.45, 7) is 6.54. The van der Waals surface area contributed by atoms with Gasteiger partial charge in [0, 0.05) is 12.6 Å². The Morgan fingerprint density at radius 2 is 2.20 bits per heavy atom. The Morgan fingerprint density at radius 1 is 1.70 bits per heavy atom. The first-order valence-corrected chi connectivity index (χ1v) is 3.47. The van der Waals surface area contributed by atoms with Crippen LogP contribution in [-0.2, 0) is 0 Å². The quantitative estimate of drug-likeness (QED) is 0.555.